The van der Waals surface area contributed by atoms with Gasteiger partial charge in [-0.2, -0.15) is 8.42 Å². The van der Waals surface area contributed by atoms with Crippen LogP contribution in [-0.4, -0.2) is 36.8 Å². The van der Waals surface area contributed by atoms with Crippen molar-refractivity contribution >= 4 is 39.3 Å². The summed E-state index contributed by atoms with van der Waals surface area (Å²) in [5.74, 6) is -0.164. The van der Waals surface area contributed by atoms with Crippen LogP contribution in [0.15, 0.2) is 47.4 Å². The normalized spacial score (nSPS) is 13.8. The van der Waals surface area contributed by atoms with Crippen LogP contribution in [-0.2, 0) is 21.5 Å². The minimum atomic E-state index is -4.16. The predicted octanol–water partition coefficient (Wildman–Crippen LogP) is 4.54. The minimum Gasteiger partial charge on any atom is -0.379 e. The van der Waals surface area contributed by atoms with Gasteiger partial charge in [0.05, 0.1) is 6.54 Å². The highest BCUT2D eigenvalue weighted by Crippen LogP contribution is 2.33. The van der Waals surface area contributed by atoms with Crippen LogP contribution in [0.25, 0.3) is 0 Å². The molecule has 1 saturated carbocycles. The summed E-state index contributed by atoms with van der Waals surface area (Å²) in [5.41, 5.74) is 0.542. The second-order valence-corrected chi connectivity index (χ2v) is 11.0. The van der Waals surface area contributed by atoms with Gasteiger partial charge in [-0.15, -0.1) is 0 Å². The third-order valence-electron chi connectivity index (χ3n) is 4.76. The standard InChI is InChI=1S/C23H28ClN3O5S/c1-15(28)25-18-6-10-20(11-7-18)33(30,31)32-21-12-5-17(24)13-16(21)14-27(19-8-9-19)22(29)26-23(2,3)4/h5-7,10-13,19H,8-9,14H2,1-4H3,(H,25,28)(H,26,29). The maximum absolute atomic E-state index is 12.9. The fourth-order valence-corrected chi connectivity index (χ4v) is 4.32. The highest BCUT2D eigenvalue weighted by Gasteiger charge is 2.34. The van der Waals surface area contributed by atoms with Gasteiger partial charge in [0.25, 0.3) is 0 Å². The Kier molecular flexibility index (Phi) is 7.23. The molecular weight excluding hydrogens is 466 g/mol. The molecule has 1 fully saturated rings. The van der Waals surface area contributed by atoms with Crippen molar-refractivity contribution < 1.29 is 22.2 Å². The van der Waals surface area contributed by atoms with Gasteiger partial charge in [-0.25, -0.2) is 4.79 Å². The minimum absolute atomic E-state index is 0.0676. The number of carbonyl (C=O) groups is 2. The van der Waals surface area contributed by atoms with E-state index in [2.05, 4.69) is 10.6 Å². The third kappa shape index (κ3) is 7.10. The monoisotopic (exact) mass is 493 g/mol. The van der Waals surface area contributed by atoms with Crippen molar-refractivity contribution in [1.29, 1.82) is 0 Å². The van der Waals surface area contributed by atoms with E-state index in [1.807, 2.05) is 20.8 Å². The summed E-state index contributed by atoms with van der Waals surface area (Å²) < 4.78 is 31.2. The summed E-state index contributed by atoms with van der Waals surface area (Å²) in [7, 11) is -4.16. The van der Waals surface area contributed by atoms with Gasteiger partial charge in [-0.3, -0.25) is 4.79 Å². The van der Waals surface area contributed by atoms with Gasteiger partial charge in [0, 0.05) is 34.8 Å². The molecule has 8 nitrogen and oxygen atoms in total. The molecule has 0 aromatic heterocycles. The molecule has 0 atom stereocenters. The van der Waals surface area contributed by atoms with Crippen LogP contribution in [0.2, 0.25) is 5.02 Å². The Bertz CT molecular complexity index is 1140. The average Bonchev–Trinajstić information content (AvgIpc) is 3.51. The number of urea groups is 1. The zero-order valence-electron chi connectivity index (χ0n) is 19.0. The molecule has 0 heterocycles. The van der Waals surface area contributed by atoms with E-state index in [0.29, 0.717) is 16.3 Å². The molecular formula is C23H28ClN3O5S. The molecule has 0 radical (unpaired) electrons. The smallest absolute Gasteiger partial charge is 0.339 e. The number of halogens is 1. The molecule has 2 aromatic carbocycles. The Hall–Kier alpha value is -2.78. The zero-order valence-corrected chi connectivity index (χ0v) is 20.6. The van der Waals surface area contributed by atoms with Crippen molar-refractivity contribution in [3.05, 3.63) is 53.1 Å². The molecule has 2 aromatic rings. The van der Waals surface area contributed by atoms with Crippen LogP contribution >= 0.6 is 11.6 Å². The summed E-state index contributed by atoms with van der Waals surface area (Å²) in [6.07, 6.45) is 1.76. The lowest BCUT2D eigenvalue weighted by Crippen LogP contribution is -2.49. The van der Waals surface area contributed by atoms with Crippen LogP contribution in [0, 0.1) is 0 Å². The molecule has 0 bridgehead atoms. The molecule has 33 heavy (non-hydrogen) atoms. The lowest BCUT2D eigenvalue weighted by molar-refractivity contribution is -0.114. The lowest BCUT2D eigenvalue weighted by atomic mass is 10.1. The zero-order chi connectivity index (χ0) is 24.4. The first-order valence-electron chi connectivity index (χ1n) is 10.5. The van der Waals surface area contributed by atoms with Gasteiger partial charge in [0.15, 0.2) is 0 Å². The number of nitrogens with zero attached hydrogens (tertiary/aromatic N) is 1. The van der Waals surface area contributed by atoms with Crippen LogP contribution in [0.5, 0.6) is 5.75 Å². The van der Waals surface area contributed by atoms with Gasteiger partial charge in [0.1, 0.15) is 10.6 Å². The molecule has 3 rings (SSSR count). The van der Waals surface area contributed by atoms with E-state index in [0.717, 1.165) is 12.8 Å². The first-order chi connectivity index (χ1) is 15.3. The third-order valence-corrected chi connectivity index (χ3v) is 6.24. The average molecular weight is 494 g/mol. The molecule has 1 aliphatic rings. The highest BCUT2D eigenvalue weighted by atomic mass is 35.5. The van der Waals surface area contributed by atoms with Crippen molar-refractivity contribution in [2.45, 2.75) is 63.6 Å². The highest BCUT2D eigenvalue weighted by molar-refractivity contribution is 7.87. The van der Waals surface area contributed by atoms with Crippen molar-refractivity contribution in [2.75, 3.05) is 5.32 Å². The number of nitrogens with one attached hydrogen (secondary N) is 2. The summed E-state index contributed by atoms with van der Waals surface area (Å²) in [5, 5.41) is 5.94. The summed E-state index contributed by atoms with van der Waals surface area (Å²) in [6, 6.07) is 10.1. The maximum atomic E-state index is 12.9. The number of hydrogen-bond acceptors (Lipinski definition) is 5. The van der Waals surface area contributed by atoms with Crippen molar-refractivity contribution in [1.82, 2.24) is 10.2 Å². The SMILES string of the molecule is CC(=O)Nc1ccc(S(=O)(=O)Oc2ccc(Cl)cc2CN(C(=O)NC(C)(C)C)C2CC2)cc1. The molecule has 0 aliphatic heterocycles. The lowest BCUT2D eigenvalue weighted by Gasteiger charge is -2.29. The molecule has 0 unspecified atom stereocenters. The fraction of sp³-hybridized carbons (Fsp3) is 0.391. The van der Waals surface area contributed by atoms with Crippen LogP contribution < -0.4 is 14.8 Å². The number of benzene rings is 2. The van der Waals surface area contributed by atoms with E-state index in [1.165, 1.54) is 43.3 Å². The molecule has 2 N–H and O–H groups in total. The number of hydrogen-bond donors (Lipinski definition) is 2. The van der Waals surface area contributed by atoms with Gasteiger partial charge in [-0.1, -0.05) is 11.6 Å². The molecule has 3 amide bonds. The van der Waals surface area contributed by atoms with Crippen molar-refractivity contribution in [3.63, 3.8) is 0 Å². The van der Waals surface area contributed by atoms with Crippen molar-refractivity contribution in [3.8, 4) is 5.75 Å². The Morgan fingerprint density at radius 2 is 1.76 bits per heavy atom. The summed E-state index contributed by atoms with van der Waals surface area (Å²) in [4.78, 5) is 25.6. The van der Waals surface area contributed by atoms with E-state index in [-0.39, 0.29) is 35.2 Å². The number of amides is 3. The Morgan fingerprint density at radius 1 is 1.12 bits per heavy atom. The van der Waals surface area contributed by atoms with Crippen LogP contribution in [0.1, 0.15) is 46.1 Å². The largest absolute Gasteiger partial charge is 0.379 e. The van der Waals surface area contributed by atoms with Gasteiger partial charge < -0.3 is 19.7 Å². The molecule has 178 valence electrons. The Labute approximate surface area is 199 Å². The molecule has 1 aliphatic carbocycles. The molecule has 10 heteroatoms. The van der Waals surface area contributed by atoms with Crippen molar-refractivity contribution in [2.24, 2.45) is 0 Å². The second-order valence-electron chi connectivity index (χ2n) is 9.03. The summed E-state index contributed by atoms with van der Waals surface area (Å²) >= 11 is 6.17. The number of rotatable bonds is 7. The Balaban J connectivity index is 1.84. The van der Waals surface area contributed by atoms with Crippen LogP contribution in [0.4, 0.5) is 10.5 Å². The van der Waals surface area contributed by atoms with E-state index in [9.17, 15) is 18.0 Å². The summed E-state index contributed by atoms with van der Waals surface area (Å²) in [6.45, 7) is 7.21. The molecule has 0 saturated heterocycles. The van der Waals surface area contributed by atoms with E-state index in [1.54, 1.807) is 11.0 Å². The Morgan fingerprint density at radius 3 is 2.30 bits per heavy atom. The fourth-order valence-electron chi connectivity index (χ4n) is 3.16. The van der Waals surface area contributed by atoms with E-state index >= 15 is 0 Å². The van der Waals surface area contributed by atoms with Gasteiger partial charge in [0.2, 0.25) is 5.91 Å². The van der Waals surface area contributed by atoms with E-state index < -0.39 is 15.7 Å². The van der Waals surface area contributed by atoms with Crippen LogP contribution in [0.3, 0.4) is 0 Å². The predicted molar refractivity (Wildman–Crippen MR) is 127 cm³/mol. The number of anilines is 1. The second kappa shape index (κ2) is 9.61. The first kappa shape index (κ1) is 24.9. The van der Waals surface area contributed by atoms with Gasteiger partial charge in [-0.05, 0) is 76.1 Å². The van der Waals surface area contributed by atoms with Gasteiger partial charge >= 0.3 is 16.1 Å². The quantitative estimate of drug-likeness (QED) is 0.551. The van der Waals surface area contributed by atoms with E-state index in [4.69, 9.17) is 15.8 Å². The molecule has 0 spiro atoms. The maximum Gasteiger partial charge on any atom is 0.339 e. The first-order valence-corrected chi connectivity index (χ1v) is 12.3. The number of carbonyl (C=O) groups excluding carboxylic acids is 2. The topological polar surface area (TPSA) is 105 Å².